The van der Waals surface area contributed by atoms with Gasteiger partial charge in [0.25, 0.3) is 0 Å². The van der Waals surface area contributed by atoms with Crippen LogP contribution in [0.1, 0.15) is 38.0 Å². The minimum Gasteiger partial charge on any atom is -0.294 e. The average molecular weight is 381 g/mol. The summed E-state index contributed by atoms with van der Waals surface area (Å²) in [7, 11) is 0. The number of hydrogen-bond acceptors (Lipinski definition) is 3. The van der Waals surface area contributed by atoms with E-state index in [1.54, 1.807) is 36.4 Å². The van der Waals surface area contributed by atoms with Gasteiger partial charge in [-0.25, -0.2) is 0 Å². The van der Waals surface area contributed by atoms with Gasteiger partial charge in [-0.3, -0.25) is 9.59 Å². The van der Waals surface area contributed by atoms with Crippen LogP contribution in [0.3, 0.4) is 0 Å². The molecule has 0 saturated heterocycles. The second kappa shape index (κ2) is 8.84. The van der Waals surface area contributed by atoms with Gasteiger partial charge in [0.15, 0.2) is 5.78 Å². The van der Waals surface area contributed by atoms with Gasteiger partial charge in [0.2, 0.25) is 5.12 Å². The molecule has 0 radical (unpaired) electrons. The van der Waals surface area contributed by atoms with Crippen molar-refractivity contribution in [3.8, 4) is 0 Å². The standard InChI is InChI=1S/C22H17ClO2S/c23-19-13-11-17(12-14-19)21(15-20(24)16-7-3-1-4-8-16)26-22(25)18-9-5-2-6-10-18/h1-14,21H,15H2. The molecule has 26 heavy (non-hydrogen) atoms. The molecule has 1 unspecified atom stereocenters. The second-order valence-corrected chi connectivity index (χ2v) is 7.42. The number of rotatable bonds is 6. The van der Waals surface area contributed by atoms with Gasteiger partial charge in [-0.15, -0.1) is 0 Å². The lowest BCUT2D eigenvalue weighted by atomic mass is 10.0. The van der Waals surface area contributed by atoms with Crippen LogP contribution in [0.15, 0.2) is 84.9 Å². The van der Waals surface area contributed by atoms with Gasteiger partial charge in [-0.05, 0) is 17.7 Å². The van der Waals surface area contributed by atoms with Crippen LogP contribution in [0.4, 0.5) is 0 Å². The summed E-state index contributed by atoms with van der Waals surface area (Å²) in [6, 6.07) is 25.6. The maximum absolute atomic E-state index is 12.7. The van der Waals surface area contributed by atoms with Crippen molar-refractivity contribution in [1.82, 2.24) is 0 Å². The Labute approximate surface area is 162 Å². The first kappa shape index (κ1) is 18.4. The molecule has 0 amide bonds. The topological polar surface area (TPSA) is 34.1 Å². The number of ketones is 1. The molecular weight excluding hydrogens is 364 g/mol. The summed E-state index contributed by atoms with van der Waals surface area (Å²) in [6.07, 6.45) is 0.245. The summed E-state index contributed by atoms with van der Waals surface area (Å²) in [6.45, 7) is 0. The first-order chi connectivity index (χ1) is 12.6. The third-order valence-electron chi connectivity index (χ3n) is 3.97. The minimum atomic E-state index is -0.271. The normalized spacial score (nSPS) is 11.7. The highest BCUT2D eigenvalue weighted by atomic mass is 35.5. The Morgan fingerprint density at radius 1 is 0.769 bits per heavy atom. The number of carbonyl (C=O) groups excluding carboxylic acids is 2. The van der Waals surface area contributed by atoms with Crippen LogP contribution in [0.5, 0.6) is 0 Å². The predicted octanol–water partition coefficient (Wildman–Crippen LogP) is 6.23. The molecule has 3 aromatic carbocycles. The fraction of sp³-hybridized carbons (Fsp3) is 0.0909. The maximum atomic E-state index is 12.7. The van der Waals surface area contributed by atoms with Gasteiger partial charge < -0.3 is 0 Å². The first-order valence-electron chi connectivity index (χ1n) is 8.23. The average Bonchev–Trinajstić information content (AvgIpc) is 2.69. The van der Waals surface area contributed by atoms with Gasteiger partial charge in [0.1, 0.15) is 0 Å². The van der Waals surface area contributed by atoms with Crippen molar-refractivity contribution in [2.45, 2.75) is 11.7 Å². The Balaban J connectivity index is 1.83. The molecule has 0 spiro atoms. The van der Waals surface area contributed by atoms with Crippen LogP contribution < -0.4 is 0 Å². The molecule has 0 aromatic heterocycles. The van der Waals surface area contributed by atoms with E-state index in [9.17, 15) is 9.59 Å². The molecule has 0 aliphatic rings. The molecule has 0 aliphatic carbocycles. The second-order valence-electron chi connectivity index (χ2n) is 5.80. The van der Waals surface area contributed by atoms with Gasteiger partial charge >= 0.3 is 0 Å². The Kier molecular flexibility index (Phi) is 6.26. The maximum Gasteiger partial charge on any atom is 0.219 e. The minimum absolute atomic E-state index is 0.0129. The molecule has 0 N–H and O–H groups in total. The fourth-order valence-corrected chi connectivity index (χ4v) is 3.77. The highest BCUT2D eigenvalue weighted by molar-refractivity contribution is 8.14. The summed E-state index contributed by atoms with van der Waals surface area (Å²) in [5.41, 5.74) is 2.19. The molecule has 0 saturated carbocycles. The zero-order chi connectivity index (χ0) is 18.4. The van der Waals surface area contributed by atoms with Crippen LogP contribution in [0.25, 0.3) is 0 Å². The highest BCUT2D eigenvalue weighted by Gasteiger charge is 2.22. The van der Waals surface area contributed by atoms with E-state index in [0.717, 1.165) is 5.56 Å². The lowest BCUT2D eigenvalue weighted by Gasteiger charge is -2.16. The Bertz CT molecular complexity index is 824. The predicted molar refractivity (Wildman–Crippen MR) is 108 cm³/mol. The van der Waals surface area contributed by atoms with Crippen molar-refractivity contribution < 1.29 is 9.59 Å². The summed E-state index contributed by atoms with van der Waals surface area (Å²) in [5, 5.41) is 0.306. The van der Waals surface area contributed by atoms with Crippen LogP contribution in [0.2, 0.25) is 5.02 Å². The highest BCUT2D eigenvalue weighted by Crippen LogP contribution is 2.36. The lowest BCUT2D eigenvalue weighted by molar-refractivity contribution is 0.0982. The number of halogens is 1. The van der Waals surface area contributed by atoms with E-state index < -0.39 is 0 Å². The number of hydrogen-bond donors (Lipinski definition) is 0. The quantitative estimate of drug-likeness (QED) is 0.475. The molecule has 0 bridgehead atoms. The Morgan fingerprint density at radius 2 is 1.31 bits per heavy atom. The molecule has 3 aromatic rings. The number of thioether (sulfide) groups is 1. The van der Waals surface area contributed by atoms with Gasteiger partial charge in [-0.2, -0.15) is 0 Å². The van der Waals surface area contributed by atoms with Crippen molar-refractivity contribution in [3.63, 3.8) is 0 Å². The van der Waals surface area contributed by atoms with E-state index >= 15 is 0 Å². The largest absolute Gasteiger partial charge is 0.294 e. The number of carbonyl (C=O) groups is 2. The van der Waals surface area contributed by atoms with Crippen molar-refractivity contribution in [2.24, 2.45) is 0 Å². The molecule has 0 heterocycles. The first-order valence-corrected chi connectivity index (χ1v) is 9.49. The van der Waals surface area contributed by atoms with E-state index in [-0.39, 0.29) is 22.6 Å². The zero-order valence-electron chi connectivity index (χ0n) is 14.0. The molecule has 0 fully saturated rings. The molecule has 4 heteroatoms. The van der Waals surface area contributed by atoms with Crippen LogP contribution >= 0.6 is 23.4 Å². The van der Waals surface area contributed by atoms with Crippen molar-refractivity contribution in [1.29, 1.82) is 0 Å². The summed E-state index contributed by atoms with van der Waals surface area (Å²) >= 11 is 7.16. The van der Waals surface area contributed by atoms with E-state index in [1.807, 2.05) is 48.5 Å². The summed E-state index contributed by atoms with van der Waals surface area (Å²) in [4.78, 5) is 25.3. The van der Waals surface area contributed by atoms with Crippen molar-refractivity contribution >= 4 is 34.3 Å². The Hall–Kier alpha value is -2.36. The molecular formula is C22H17ClO2S. The van der Waals surface area contributed by atoms with Gasteiger partial charge in [-0.1, -0.05) is 96.2 Å². The third kappa shape index (κ3) is 4.84. The molecule has 2 nitrogen and oxygen atoms in total. The van der Waals surface area contributed by atoms with Crippen molar-refractivity contribution in [2.75, 3.05) is 0 Å². The smallest absolute Gasteiger partial charge is 0.219 e. The van der Waals surface area contributed by atoms with Gasteiger partial charge in [0, 0.05) is 27.8 Å². The van der Waals surface area contributed by atoms with Crippen LogP contribution in [-0.4, -0.2) is 10.9 Å². The molecule has 130 valence electrons. The fourth-order valence-electron chi connectivity index (χ4n) is 2.59. The van der Waals surface area contributed by atoms with E-state index in [2.05, 4.69) is 0 Å². The third-order valence-corrected chi connectivity index (χ3v) is 5.39. The molecule has 1 atom stereocenters. The molecule has 3 rings (SSSR count). The Morgan fingerprint density at radius 3 is 1.88 bits per heavy atom. The summed E-state index contributed by atoms with van der Waals surface area (Å²) in [5.74, 6) is 0.0129. The lowest BCUT2D eigenvalue weighted by Crippen LogP contribution is -2.08. The number of benzene rings is 3. The van der Waals surface area contributed by atoms with E-state index in [1.165, 1.54) is 11.8 Å². The van der Waals surface area contributed by atoms with Crippen molar-refractivity contribution in [3.05, 3.63) is 107 Å². The van der Waals surface area contributed by atoms with E-state index in [0.29, 0.717) is 16.1 Å². The van der Waals surface area contributed by atoms with E-state index in [4.69, 9.17) is 11.6 Å². The SMILES string of the molecule is O=C(CC(SC(=O)c1ccccc1)c1ccc(Cl)cc1)c1ccccc1. The van der Waals surface area contributed by atoms with Crippen LogP contribution in [-0.2, 0) is 0 Å². The zero-order valence-corrected chi connectivity index (χ0v) is 15.5. The van der Waals surface area contributed by atoms with Crippen LogP contribution in [0, 0.1) is 0 Å². The molecule has 0 aliphatic heterocycles. The summed E-state index contributed by atoms with van der Waals surface area (Å²) < 4.78 is 0. The monoisotopic (exact) mass is 380 g/mol. The number of Topliss-reactive ketones (excluding diaryl/α,β-unsaturated/α-hetero) is 1. The van der Waals surface area contributed by atoms with Gasteiger partial charge in [0.05, 0.1) is 0 Å².